The highest BCUT2D eigenvalue weighted by Gasteiger charge is 2.02. The van der Waals surface area contributed by atoms with E-state index in [2.05, 4.69) is 4.98 Å². The lowest BCUT2D eigenvalue weighted by atomic mass is 10.4. The quantitative estimate of drug-likeness (QED) is 0.732. The molecule has 14 heavy (non-hydrogen) atoms. The second-order valence-corrected chi connectivity index (χ2v) is 3.03. The summed E-state index contributed by atoms with van der Waals surface area (Å²) in [5.41, 5.74) is 0. The number of imidazole rings is 1. The molecule has 0 aliphatic carbocycles. The number of aryl methyl sites for hydroxylation is 1. The van der Waals surface area contributed by atoms with Gasteiger partial charge in [-0.05, 0) is 12.1 Å². The first-order chi connectivity index (χ1) is 6.86. The molecule has 2 rings (SSSR count). The Morgan fingerprint density at radius 3 is 2.64 bits per heavy atom. The van der Waals surface area contributed by atoms with E-state index >= 15 is 0 Å². The van der Waals surface area contributed by atoms with Crippen molar-refractivity contribution in [2.45, 2.75) is 13.0 Å². The minimum atomic E-state index is 0.0659. The van der Waals surface area contributed by atoms with Crippen LogP contribution in [0.15, 0.2) is 43.2 Å². The predicted molar refractivity (Wildman–Crippen MR) is 51.9 cm³/mol. The maximum absolute atomic E-state index is 11.5. The van der Waals surface area contributed by atoms with Gasteiger partial charge in [0, 0.05) is 37.8 Å². The van der Waals surface area contributed by atoms with Gasteiger partial charge >= 0.3 is 0 Å². The van der Waals surface area contributed by atoms with Gasteiger partial charge in [0.2, 0.25) is 5.91 Å². The molecule has 0 radical (unpaired) electrons. The molecule has 72 valence electrons. The van der Waals surface area contributed by atoms with Crippen molar-refractivity contribution in [1.29, 1.82) is 0 Å². The second kappa shape index (κ2) is 3.91. The molecule has 0 saturated carbocycles. The number of nitrogens with zero attached hydrogens (tertiary/aromatic N) is 3. The van der Waals surface area contributed by atoms with Crippen molar-refractivity contribution in [2.24, 2.45) is 0 Å². The molecule has 0 spiro atoms. The van der Waals surface area contributed by atoms with E-state index < -0.39 is 0 Å². The zero-order chi connectivity index (χ0) is 9.80. The molecule has 0 fully saturated rings. The molecule has 0 aliphatic rings. The van der Waals surface area contributed by atoms with Crippen molar-refractivity contribution < 1.29 is 4.79 Å². The summed E-state index contributed by atoms with van der Waals surface area (Å²) < 4.78 is 3.48. The van der Waals surface area contributed by atoms with E-state index in [1.165, 1.54) is 10.9 Å². The fourth-order valence-electron chi connectivity index (χ4n) is 1.28. The van der Waals surface area contributed by atoms with E-state index in [9.17, 15) is 4.79 Å². The largest absolute Gasteiger partial charge is 0.354 e. The van der Waals surface area contributed by atoms with Crippen LogP contribution in [0.2, 0.25) is 0 Å². The molecule has 2 aromatic rings. The molecule has 0 bridgehead atoms. The molecule has 0 atom stereocenters. The Balaban J connectivity index is 1.90. The Morgan fingerprint density at radius 1 is 1.21 bits per heavy atom. The van der Waals surface area contributed by atoms with Crippen molar-refractivity contribution in [3.05, 3.63) is 43.2 Å². The van der Waals surface area contributed by atoms with Gasteiger partial charge < -0.3 is 4.57 Å². The summed E-state index contributed by atoms with van der Waals surface area (Å²) in [5, 5.41) is 0. The molecular weight excluding hydrogens is 178 g/mol. The Morgan fingerprint density at radius 2 is 2.00 bits per heavy atom. The van der Waals surface area contributed by atoms with E-state index in [1.54, 1.807) is 12.4 Å². The molecule has 0 amide bonds. The van der Waals surface area contributed by atoms with Gasteiger partial charge in [0.15, 0.2) is 0 Å². The molecule has 0 N–H and O–H groups in total. The van der Waals surface area contributed by atoms with Gasteiger partial charge in [-0.15, -0.1) is 0 Å². The smallest absolute Gasteiger partial charge is 0.233 e. The lowest BCUT2D eigenvalue weighted by Gasteiger charge is -2.02. The number of carbonyl (C=O) groups is 1. The van der Waals surface area contributed by atoms with Gasteiger partial charge in [0.05, 0.1) is 0 Å². The van der Waals surface area contributed by atoms with Gasteiger partial charge in [0.25, 0.3) is 0 Å². The average molecular weight is 189 g/mol. The highest BCUT2D eigenvalue weighted by atomic mass is 16.2. The van der Waals surface area contributed by atoms with Gasteiger partial charge in [-0.25, -0.2) is 4.98 Å². The van der Waals surface area contributed by atoms with Crippen LogP contribution in [0.3, 0.4) is 0 Å². The molecule has 0 unspecified atom stereocenters. The maximum Gasteiger partial charge on any atom is 0.233 e. The molecule has 2 aromatic heterocycles. The van der Waals surface area contributed by atoms with E-state index in [0.29, 0.717) is 13.0 Å². The maximum atomic E-state index is 11.5. The zero-order valence-electron chi connectivity index (χ0n) is 7.71. The first kappa shape index (κ1) is 8.74. The first-order valence-corrected chi connectivity index (χ1v) is 4.48. The van der Waals surface area contributed by atoms with Crippen LogP contribution in [-0.2, 0) is 6.54 Å². The summed E-state index contributed by atoms with van der Waals surface area (Å²) in [5.74, 6) is 0.0659. The molecule has 4 nitrogen and oxygen atoms in total. The van der Waals surface area contributed by atoms with E-state index in [0.717, 1.165) is 0 Å². The number of aromatic nitrogens is 3. The van der Waals surface area contributed by atoms with Crippen LogP contribution in [0.25, 0.3) is 0 Å². The predicted octanol–water partition coefficient (Wildman–Crippen LogP) is 1.42. The standard InChI is InChI=1S/C10H11N3O/c14-10(13-8-4-11-9-13)3-7-12-5-1-2-6-12/h1-2,4-6,8-9H,3,7H2. The Kier molecular flexibility index (Phi) is 2.44. The summed E-state index contributed by atoms with van der Waals surface area (Å²) >= 11 is 0. The number of hydrogen-bond donors (Lipinski definition) is 0. The van der Waals surface area contributed by atoms with Crippen LogP contribution in [0.4, 0.5) is 0 Å². The minimum Gasteiger partial charge on any atom is -0.354 e. The number of hydrogen-bond acceptors (Lipinski definition) is 2. The molecular formula is C10H11N3O. The third kappa shape index (κ3) is 1.90. The SMILES string of the molecule is O=C(CCn1cccc1)n1ccnc1. The van der Waals surface area contributed by atoms with Crippen molar-refractivity contribution in [1.82, 2.24) is 14.1 Å². The third-order valence-electron chi connectivity index (χ3n) is 2.04. The highest BCUT2D eigenvalue weighted by molar-refractivity contribution is 5.78. The fourth-order valence-corrected chi connectivity index (χ4v) is 1.28. The van der Waals surface area contributed by atoms with Crippen molar-refractivity contribution in [3.8, 4) is 0 Å². The lowest BCUT2D eigenvalue weighted by Crippen LogP contribution is -2.11. The van der Waals surface area contributed by atoms with E-state index in [4.69, 9.17) is 0 Å². The number of rotatable bonds is 3. The van der Waals surface area contributed by atoms with Crippen molar-refractivity contribution in [2.75, 3.05) is 0 Å². The fraction of sp³-hybridized carbons (Fsp3) is 0.200. The van der Waals surface area contributed by atoms with Gasteiger partial charge in [-0.1, -0.05) is 0 Å². The second-order valence-electron chi connectivity index (χ2n) is 3.03. The minimum absolute atomic E-state index is 0.0659. The van der Waals surface area contributed by atoms with E-state index in [-0.39, 0.29) is 5.91 Å². The highest BCUT2D eigenvalue weighted by Crippen LogP contribution is 1.96. The normalized spacial score (nSPS) is 10.3. The van der Waals surface area contributed by atoms with Crippen molar-refractivity contribution in [3.63, 3.8) is 0 Å². The average Bonchev–Trinajstić information content (AvgIpc) is 2.87. The Bertz CT molecular complexity index is 389. The van der Waals surface area contributed by atoms with Gasteiger partial charge in [-0.3, -0.25) is 9.36 Å². The topological polar surface area (TPSA) is 39.8 Å². The molecule has 0 saturated heterocycles. The van der Waals surface area contributed by atoms with Gasteiger partial charge in [0.1, 0.15) is 6.33 Å². The van der Waals surface area contributed by atoms with E-state index in [1.807, 2.05) is 29.1 Å². The summed E-state index contributed by atoms with van der Waals surface area (Å²) in [7, 11) is 0. The van der Waals surface area contributed by atoms with Gasteiger partial charge in [-0.2, -0.15) is 0 Å². The molecule has 4 heteroatoms. The van der Waals surface area contributed by atoms with Crippen LogP contribution in [-0.4, -0.2) is 20.0 Å². The zero-order valence-corrected chi connectivity index (χ0v) is 7.71. The van der Waals surface area contributed by atoms with Crippen LogP contribution < -0.4 is 0 Å². The van der Waals surface area contributed by atoms with Crippen LogP contribution >= 0.6 is 0 Å². The Hall–Kier alpha value is -1.84. The summed E-state index contributed by atoms with van der Waals surface area (Å²) in [6, 6.07) is 3.89. The summed E-state index contributed by atoms with van der Waals surface area (Å²) in [4.78, 5) is 15.3. The van der Waals surface area contributed by atoms with Crippen LogP contribution in [0.1, 0.15) is 11.2 Å². The monoisotopic (exact) mass is 189 g/mol. The Labute approximate surface area is 81.8 Å². The molecule has 0 aromatic carbocycles. The summed E-state index contributed by atoms with van der Waals surface area (Å²) in [6.07, 6.45) is 9.18. The molecule has 0 aliphatic heterocycles. The van der Waals surface area contributed by atoms with Crippen LogP contribution in [0.5, 0.6) is 0 Å². The van der Waals surface area contributed by atoms with Crippen LogP contribution in [0, 0.1) is 0 Å². The molecule has 2 heterocycles. The lowest BCUT2D eigenvalue weighted by molar-refractivity contribution is 0.0896. The van der Waals surface area contributed by atoms with Crippen molar-refractivity contribution >= 4 is 5.91 Å². The third-order valence-corrected chi connectivity index (χ3v) is 2.04. The summed E-state index contributed by atoms with van der Waals surface area (Å²) in [6.45, 7) is 0.712. The first-order valence-electron chi connectivity index (χ1n) is 4.48. The number of carbonyl (C=O) groups excluding carboxylic acids is 1.